The van der Waals surface area contributed by atoms with Crippen LogP contribution < -0.4 is 10.9 Å². The molecule has 0 aliphatic heterocycles. The number of nitrogens with zero attached hydrogens (tertiary/aromatic N) is 2. The zero-order chi connectivity index (χ0) is 22.5. The van der Waals surface area contributed by atoms with Crippen LogP contribution in [-0.2, 0) is 16.1 Å². The zero-order valence-electron chi connectivity index (χ0n) is 17.1. The van der Waals surface area contributed by atoms with E-state index < -0.39 is 5.97 Å². The molecule has 2 aromatic carbocycles. The smallest absolute Gasteiger partial charge is 0.338 e. The van der Waals surface area contributed by atoms with Crippen LogP contribution in [0.1, 0.15) is 21.8 Å². The van der Waals surface area contributed by atoms with Gasteiger partial charge in [0.1, 0.15) is 12.4 Å². The van der Waals surface area contributed by atoms with Crippen molar-refractivity contribution in [1.29, 1.82) is 0 Å². The first-order chi connectivity index (χ1) is 15.5. The highest BCUT2D eigenvalue weighted by atomic mass is 32.2. The summed E-state index contributed by atoms with van der Waals surface area (Å²) in [6.45, 7) is 1.56. The van der Waals surface area contributed by atoms with Gasteiger partial charge in [-0.15, -0.1) is 16.3 Å². The van der Waals surface area contributed by atoms with Crippen molar-refractivity contribution in [3.05, 3.63) is 94.1 Å². The van der Waals surface area contributed by atoms with Crippen molar-refractivity contribution in [3.8, 4) is 0 Å². The average molecular weight is 449 g/mol. The van der Waals surface area contributed by atoms with Crippen molar-refractivity contribution in [3.63, 3.8) is 0 Å². The molecule has 0 fully saturated rings. The van der Waals surface area contributed by atoms with E-state index in [2.05, 4.69) is 10.3 Å². The maximum Gasteiger partial charge on any atom is 0.338 e. The summed E-state index contributed by atoms with van der Waals surface area (Å²) in [7, 11) is 0. The first-order valence-electron chi connectivity index (χ1n) is 9.72. The Morgan fingerprint density at radius 2 is 1.84 bits per heavy atom. The van der Waals surface area contributed by atoms with E-state index in [9.17, 15) is 14.4 Å². The van der Waals surface area contributed by atoms with Crippen molar-refractivity contribution in [2.24, 2.45) is 0 Å². The predicted octanol–water partition coefficient (Wildman–Crippen LogP) is 3.68. The number of fused-ring (bicyclic) bond motifs is 1. The molecule has 0 atom stereocenters. The maximum absolute atomic E-state index is 12.3. The van der Waals surface area contributed by atoms with Gasteiger partial charge in [0.2, 0.25) is 5.91 Å². The van der Waals surface area contributed by atoms with Gasteiger partial charge in [-0.25, -0.2) is 9.78 Å². The summed E-state index contributed by atoms with van der Waals surface area (Å²) >= 11 is 1.44. The molecule has 4 aromatic rings. The predicted molar refractivity (Wildman–Crippen MR) is 120 cm³/mol. The summed E-state index contributed by atoms with van der Waals surface area (Å²) in [5.41, 5.74) is 1.18. The zero-order valence-corrected chi connectivity index (χ0v) is 17.9. The quantitative estimate of drug-likeness (QED) is 0.339. The molecule has 32 heavy (non-hydrogen) atoms. The molecule has 8 nitrogen and oxygen atoms in total. The Morgan fingerprint density at radius 3 is 2.59 bits per heavy atom. The number of hydrogen-bond acceptors (Lipinski definition) is 7. The number of anilines is 1. The van der Waals surface area contributed by atoms with Crippen molar-refractivity contribution < 1.29 is 18.8 Å². The van der Waals surface area contributed by atoms with Gasteiger partial charge in [-0.1, -0.05) is 18.2 Å². The highest BCUT2D eigenvalue weighted by molar-refractivity contribution is 8.00. The van der Waals surface area contributed by atoms with Crippen molar-refractivity contribution in [2.45, 2.75) is 18.4 Å². The third-order valence-corrected chi connectivity index (χ3v) is 5.40. The number of nitrogens with one attached hydrogen (secondary N) is 1. The van der Waals surface area contributed by atoms with Crippen molar-refractivity contribution in [2.75, 3.05) is 11.1 Å². The molecular weight excluding hydrogens is 430 g/mol. The first kappa shape index (κ1) is 21.4. The summed E-state index contributed by atoms with van der Waals surface area (Å²) in [5.74, 6) is 0.125. The Bertz CT molecular complexity index is 1310. The topological polar surface area (TPSA) is 103 Å². The lowest BCUT2D eigenvalue weighted by atomic mass is 10.2. The molecule has 0 aliphatic carbocycles. The lowest BCUT2D eigenvalue weighted by molar-refractivity contribution is -0.113. The van der Waals surface area contributed by atoms with Crippen LogP contribution >= 0.6 is 11.8 Å². The number of amides is 1. The molecule has 4 rings (SSSR count). The standard InChI is InChI=1S/C23H19N3O5S/c1-15-11-20-24-18(12-22(28)26(20)31-15)13-30-23(29)16-7-9-17(10-8-16)25-21(27)14-32-19-5-3-2-4-6-19/h2-12H,13-14H2,1H3,(H,25,27). The molecule has 0 saturated heterocycles. The molecular formula is C23H19N3O5S. The van der Waals surface area contributed by atoms with E-state index in [0.29, 0.717) is 28.4 Å². The molecule has 2 heterocycles. The van der Waals surface area contributed by atoms with E-state index in [0.717, 1.165) is 9.47 Å². The number of carbonyl (C=O) groups excluding carboxylic acids is 2. The third kappa shape index (κ3) is 5.25. The van der Waals surface area contributed by atoms with Crippen molar-refractivity contribution in [1.82, 2.24) is 9.56 Å². The number of hydrogen-bond donors (Lipinski definition) is 1. The molecule has 1 N–H and O–H groups in total. The van der Waals surface area contributed by atoms with Crippen LogP contribution in [0.5, 0.6) is 0 Å². The van der Waals surface area contributed by atoms with E-state index in [-0.39, 0.29) is 23.8 Å². The minimum absolute atomic E-state index is 0.142. The second-order valence-electron chi connectivity index (χ2n) is 6.89. The molecule has 0 aliphatic rings. The second kappa shape index (κ2) is 9.52. The number of thioether (sulfide) groups is 1. The van der Waals surface area contributed by atoms with Crippen molar-refractivity contribution >= 4 is 35.0 Å². The Hall–Kier alpha value is -3.85. The molecule has 9 heteroatoms. The van der Waals surface area contributed by atoms with Crippen LogP contribution in [0, 0.1) is 6.92 Å². The molecule has 0 bridgehead atoms. The Kier molecular flexibility index (Phi) is 6.37. The fourth-order valence-electron chi connectivity index (χ4n) is 2.92. The van der Waals surface area contributed by atoms with Crippen LogP contribution in [0.4, 0.5) is 5.69 Å². The fourth-order valence-corrected chi connectivity index (χ4v) is 3.64. The second-order valence-corrected chi connectivity index (χ2v) is 7.94. The average Bonchev–Trinajstić information content (AvgIpc) is 3.18. The number of ether oxygens (including phenoxy) is 1. The highest BCUT2D eigenvalue weighted by Crippen LogP contribution is 2.18. The summed E-state index contributed by atoms with van der Waals surface area (Å²) in [5, 5.41) is 2.79. The van der Waals surface area contributed by atoms with Crippen LogP contribution in [0.3, 0.4) is 0 Å². The van der Waals surface area contributed by atoms with Gasteiger partial charge in [0.15, 0.2) is 5.65 Å². The number of esters is 1. The third-order valence-electron chi connectivity index (χ3n) is 4.39. The van der Waals surface area contributed by atoms with Gasteiger partial charge in [0.25, 0.3) is 5.56 Å². The number of carbonyl (C=O) groups is 2. The van der Waals surface area contributed by atoms with E-state index in [4.69, 9.17) is 9.26 Å². The number of rotatable bonds is 7. The normalized spacial score (nSPS) is 10.8. The largest absolute Gasteiger partial charge is 0.456 e. The van der Waals surface area contributed by atoms with Gasteiger partial charge < -0.3 is 14.6 Å². The monoisotopic (exact) mass is 449 g/mol. The minimum atomic E-state index is -0.562. The van der Waals surface area contributed by atoms with Gasteiger partial charge in [0.05, 0.1) is 17.0 Å². The molecule has 1 amide bonds. The number of aromatic nitrogens is 2. The van der Waals surface area contributed by atoms with E-state index in [1.165, 1.54) is 17.8 Å². The Morgan fingerprint density at radius 1 is 1.09 bits per heavy atom. The summed E-state index contributed by atoms with van der Waals surface area (Å²) in [6, 6.07) is 18.9. The number of benzene rings is 2. The first-order valence-corrected chi connectivity index (χ1v) is 10.7. The van der Waals surface area contributed by atoms with Crippen LogP contribution in [0.2, 0.25) is 0 Å². The lowest BCUT2D eigenvalue weighted by Crippen LogP contribution is -2.15. The minimum Gasteiger partial charge on any atom is -0.456 e. The summed E-state index contributed by atoms with van der Waals surface area (Å²) in [6.07, 6.45) is 0. The Labute approximate surface area is 187 Å². The van der Waals surface area contributed by atoms with Gasteiger partial charge in [-0.2, -0.15) is 0 Å². The van der Waals surface area contributed by atoms with E-state index in [1.54, 1.807) is 37.3 Å². The lowest BCUT2D eigenvalue weighted by Gasteiger charge is -2.07. The summed E-state index contributed by atoms with van der Waals surface area (Å²) in [4.78, 5) is 41.7. The van der Waals surface area contributed by atoms with Crippen LogP contribution in [-0.4, -0.2) is 27.2 Å². The maximum atomic E-state index is 12.3. The Balaban J connectivity index is 1.31. The van der Waals surface area contributed by atoms with E-state index in [1.807, 2.05) is 30.3 Å². The fraction of sp³-hybridized carbons (Fsp3) is 0.130. The molecule has 0 unspecified atom stereocenters. The molecule has 0 saturated carbocycles. The van der Waals surface area contributed by atoms with Gasteiger partial charge in [-0.05, 0) is 43.3 Å². The SMILES string of the molecule is Cc1cc2nc(COC(=O)c3ccc(NC(=O)CSc4ccccc4)cc3)cc(=O)n2o1. The van der Waals surface area contributed by atoms with Crippen LogP contribution in [0.15, 0.2) is 80.9 Å². The van der Waals surface area contributed by atoms with Gasteiger partial charge in [0, 0.05) is 22.7 Å². The molecule has 0 radical (unpaired) electrons. The van der Waals surface area contributed by atoms with E-state index >= 15 is 0 Å². The molecule has 0 spiro atoms. The van der Waals surface area contributed by atoms with Gasteiger partial charge >= 0.3 is 5.97 Å². The highest BCUT2D eigenvalue weighted by Gasteiger charge is 2.11. The number of aryl methyl sites for hydroxylation is 1. The van der Waals surface area contributed by atoms with Gasteiger partial charge in [-0.3, -0.25) is 9.59 Å². The molecule has 2 aromatic heterocycles. The summed E-state index contributed by atoms with van der Waals surface area (Å²) < 4.78 is 11.6. The van der Waals surface area contributed by atoms with Crippen LogP contribution in [0.25, 0.3) is 5.65 Å². The molecule has 162 valence electrons.